The summed E-state index contributed by atoms with van der Waals surface area (Å²) >= 11 is 0. The molecule has 2 amide bonds. The molecule has 2 N–H and O–H groups in total. The number of hydrogen-bond donors (Lipinski definition) is 2. The van der Waals surface area contributed by atoms with Crippen molar-refractivity contribution in [1.29, 1.82) is 0 Å². The highest BCUT2D eigenvalue weighted by molar-refractivity contribution is 6.04. The minimum atomic E-state index is -0.322. The van der Waals surface area contributed by atoms with E-state index in [4.69, 9.17) is 0 Å². The standard InChI is InChI=1S/C20H16FN3O2/c21-17-8-6-14(7-9-17)12-23-19(25)15-3-1-5-18(11-15)24-20(26)16-4-2-10-22-13-16/h1-11,13H,12H2,(H,23,25)(H,24,26). The summed E-state index contributed by atoms with van der Waals surface area (Å²) in [6, 6.07) is 15.9. The van der Waals surface area contributed by atoms with E-state index in [1.807, 2.05) is 0 Å². The number of nitrogens with zero attached hydrogens (tertiary/aromatic N) is 1. The Bertz CT molecular complexity index is 912. The third-order valence-electron chi connectivity index (χ3n) is 3.67. The molecule has 0 saturated carbocycles. The molecule has 0 unspecified atom stereocenters. The van der Waals surface area contributed by atoms with Crippen LogP contribution in [0.1, 0.15) is 26.3 Å². The van der Waals surface area contributed by atoms with Gasteiger partial charge in [-0.15, -0.1) is 0 Å². The van der Waals surface area contributed by atoms with Crippen molar-refractivity contribution in [3.8, 4) is 0 Å². The maximum atomic E-state index is 12.9. The van der Waals surface area contributed by atoms with Crippen LogP contribution in [0.5, 0.6) is 0 Å². The lowest BCUT2D eigenvalue weighted by Crippen LogP contribution is -2.23. The van der Waals surface area contributed by atoms with Crippen LogP contribution in [0.2, 0.25) is 0 Å². The van der Waals surface area contributed by atoms with Gasteiger partial charge in [0.1, 0.15) is 5.82 Å². The monoisotopic (exact) mass is 349 g/mol. The predicted octanol–water partition coefficient (Wildman–Crippen LogP) is 3.40. The molecule has 6 heteroatoms. The maximum absolute atomic E-state index is 12.9. The van der Waals surface area contributed by atoms with Gasteiger partial charge in [0.05, 0.1) is 5.56 Å². The van der Waals surface area contributed by atoms with Crippen molar-refractivity contribution >= 4 is 17.5 Å². The molecule has 0 atom stereocenters. The molecule has 130 valence electrons. The summed E-state index contributed by atoms with van der Waals surface area (Å²) < 4.78 is 12.9. The van der Waals surface area contributed by atoms with Crippen LogP contribution < -0.4 is 10.6 Å². The summed E-state index contributed by atoms with van der Waals surface area (Å²) in [5.74, 6) is -0.911. The van der Waals surface area contributed by atoms with Crippen LogP contribution in [0.15, 0.2) is 73.1 Å². The SMILES string of the molecule is O=C(NCc1ccc(F)cc1)c1cccc(NC(=O)c2cccnc2)c1. The molecule has 3 aromatic rings. The third kappa shape index (κ3) is 4.51. The highest BCUT2D eigenvalue weighted by atomic mass is 19.1. The molecule has 0 aliphatic carbocycles. The van der Waals surface area contributed by atoms with Gasteiger partial charge in [0.15, 0.2) is 0 Å². The first-order valence-corrected chi connectivity index (χ1v) is 7.96. The summed E-state index contributed by atoms with van der Waals surface area (Å²) in [5, 5.41) is 5.50. The van der Waals surface area contributed by atoms with Gasteiger partial charge >= 0.3 is 0 Å². The molecule has 0 radical (unpaired) electrons. The smallest absolute Gasteiger partial charge is 0.257 e. The Hall–Kier alpha value is -3.54. The largest absolute Gasteiger partial charge is 0.348 e. The van der Waals surface area contributed by atoms with Crippen LogP contribution in [0, 0.1) is 5.82 Å². The average Bonchev–Trinajstić information content (AvgIpc) is 2.68. The van der Waals surface area contributed by atoms with Crippen molar-refractivity contribution in [2.75, 3.05) is 5.32 Å². The Morgan fingerprint density at radius 3 is 2.42 bits per heavy atom. The Morgan fingerprint density at radius 1 is 0.923 bits per heavy atom. The number of anilines is 1. The number of halogens is 1. The zero-order valence-corrected chi connectivity index (χ0v) is 13.8. The van der Waals surface area contributed by atoms with Crippen molar-refractivity contribution in [3.63, 3.8) is 0 Å². The molecule has 3 rings (SSSR count). The summed E-state index contributed by atoms with van der Waals surface area (Å²) in [5.41, 5.74) is 2.14. The molecular weight excluding hydrogens is 333 g/mol. The van der Waals surface area contributed by atoms with Gasteiger partial charge in [0.25, 0.3) is 11.8 Å². The van der Waals surface area contributed by atoms with Gasteiger partial charge in [-0.25, -0.2) is 4.39 Å². The molecule has 5 nitrogen and oxygen atoms in total. The highest BCUT2D eigenvalue weighted by Crippen LogP contribution is 2.12. The Morgan fingerprint density at radius 2 is 1.69 bits per heavy atom. The molecule has 0 bridgehead atoms. The number of pyridine rings is 1. The van der Waals surface area contributed by atoms with Crippen LogP contribution in [0.4, 0.5) is 10.1 Å². The van der Waals surface area contributed by atoms with Gasteiger partial charge in [-0.3, -0.25) is 14.6 Å². The van der Waals surface area contributed by atoms with E-state index in [0.29, 0.717) is 16.8 Å². The van der Waals surface area contributed by atoms with E-state index < -0.39 is 0 Å². The van der Waals surface area contributed by atoms with Gasteiger partial charge in [-0.1, -0.05) is 18.2 Å². The summed E-state index contributed by atoms with van der Waals surface area (Å²) in [6.45, 7) is 0.283. The highest BCUT2D eigenvalue weighted by Gasteiger charge is 2.09. The molecule has 0 aliphatic heterocycles. The normalized spacial score (nSPS) is 10.2. The second-order valence-corrected chi connectivity index (χ2v) is 5.59. The van der Waals surface area contributed by atoms with Crippen LogP contribution in [0.3, 0.4) is 0 Å². The lowest BCUT2D eigenvalue weighted by atomic mass is 10.1. The van der Waals surface area contributed by atoms with E-state index in [-0.39, 0.29) is 24.2 Å². The van der Waals surface area contributed by atoms with Crippen LogP contribution in [-0.4, -0.2) is 16.8 Å². The zero-order chi connectivity index (χ0) is 18.4. The van der Waals surface area contributed by atoms with Crippen molar-refractivity contribution in [1.82, 2.24) is 10.3 Å². The maximum Gasteiger partial charge on any atom is 0.257 e. The van der Waals surface area contributed by atoms with Crippen LogP contribution in [0.25, 0.3) is 0 Å². The summed E-state index contributed by atoms with van der Waals surface area (Å²) in [6.07, 6.45) is 3.05. The van der Waals surface area contributed by atoms with Crippen molar-refractivity contribution < 1.29 is 14.0 Å². The second-order valence-electron chi connectivity index (χ2n) is 5.59. The number of carbonyl (C=O) groups excluding carboxylic acids is 2. The fourth-order valence-corrected chi connectivity index (χ4v) is 2.33. The third-order valence-corrected chi connectivity index (χ3v) is 3.67. The van der Waals surface area contributed by atoms with Crippen molar-refractivity contribution in [2.24, 2.45) is 0 Å². The predicted molar refractivity (Wildman–Crippen MR) is 96.2 cm³/mol. The Balaban J connectivity index is 1.63. The molecule has 0 fully saturated rings. The fraction of sp³-hybridized carbons (Fsp3) is 0.0500. The van der Waals surface area contributed by atoms with E-state index >= 15 is 0 Å². The molecule has 0 spiro atoms. The molecule has 0 saturated heterocycles. The van der Waals surface area contributed by atoms with E-state index in [2.05, 4.69) is 15.6 Å². The van der Waals surface area contributed by atoms with Gasteiger partial charge in [-0.05, 0) is 48.0 Å². The topological polar surface area (TPSA) is 71.1 Å². The van der Waals surface area contributed by atoms with Crippen LogP contribution >= 0.6 is 0 Å². The first-order valence-electron chi connectivity index (χ1n) is 7.96. The summed E-state index contributed by atoms with van der Waals surface area (Å²) in [7, 11) is 0. The number of rotatable bonds is 5. The van der Waals surface area contributed by atoms with Gasteiger partial charge in [-0.2, -0.15) is 0 Å². The minimum Gasteiger partial charge on any atom is -0.348 e. The van der Waals surface area contributed by atoms with E-state index in [9.17, 15) is 14.0 Å². The lowest BCUT2D eigenvalue weighted by Gasteiger charge is -2.08. The zero-order valence-electron chi connectivity index (χ0n) is 13.8. The number of hydrogen-bond acceptors (Lipinski definition) is 3. The number of aromatic nitrogens is 1. The van der Waals surface area contributed by atoms with Crippen LogP contribution in [-0.2, 0) is 6.54 Å². The van der Waals surface area contributed by atoms with Crippen molar-refractivity contribution in [2.45, 2.75) is 6.54 Å². The first kappa shape index (κ1) is 17.3. The number of nitrogens with one attached hydrogen (secondary N) is 2. The molecule has 1 aromatic heterocycles. The average molecular weight is 349 g/mol. The number of carbonyl (C=O) groups is 2. The Labute approximate surface area is 149 Å². The van der Waals surface area contributed by atoms with E-state index in [1.165, 1.54) is 18.3 Å². The van der Waals surface area contributed by atoms with E-state index in [1.54, 1.807) is 54.7 Å². The van der Waals surface area contributed by atoms with Gasteiger partial charge < -0.3 is 10.6 Å². The second kappa shape index (κ2) is 8.02. The molecule has 0 aliphatic rings. The Kier molecular flexibility index (Phi) is 5.34. The minimum absolute atomic E-state index is 0.283. The number of benzene rings is 2. The molecular formula is C20H16FN3O2. The number of amides is 2. The summed E-state index contributed by atoms with van der Waals surface area (Å²) in [4.78, 5) is 28.3. The molecule has 1 heterocycles. The quantitative estimate of drug-likeness (QED) is 0.742. The molecule has 26 heavy (non-hydrogen) atoms. The van der Waals surface area contributed by atoms with Crippen molar-refractivity contribution in [3.05, 3.63) is 95.6 Å². The molecule has 2 aromatic carbocycles. The lowest BCUT2D eigenvalue weighted by molar-refractivity contribution is 0.0949. The van der Waals surface area contributed by atoms with E-state index in [0.717, 1.165) is 5.56 Å². The van der Waals surface area contributed by atoms with Gasteiger partial charge in [0.2, 0.25) is 0 Å². The first-order chi connectivity index (χ1) is 12.6. The fourth-order valence-electron chi connectivity index (χ4n) is 2.33. The van der Waals surface area contributed by atoms with Gasteiger partial charge in [0, 0.05) is 30.2 Å².